The van der Waals surface area contributed by atoms with Crippen molar-refractivity contribution in [2.45, 2.75) is 51.0 Å². The molecule has 1 saturated heterocycles. The van der Waals surface area contributed by atoms with Gasteiger partial charge in [-0.15, -0.1) is 0 Å². The molecule has 2 aromatic rings. The Bertz CT molecular complexity index is 1060. The Balaban J connectivity index is 1.70. The Hall–Kier alpha value is -2.85. The van der Waals surface area contributed by atoms with Crippen molar-refractivity contribution in [3.8, 4) is 22.8 Å². The van der Waals surface area contributed by atoms with Gasteiger partial charge in [-0.2, -0.15) is 0 Å². The molecule has 1 aromatic carbocycles. The van der Waals surface area contributed by atoms with Crippen molar-refractivity contribution in [2.24, 2.45) is 5.92 Å². The number of aliphatic hydroxyl groups is 3. The van der Waals surface area contributed by atoms with Crippen LogP contribution in [-0.4, -0.2) is 50.1 Å². The molecule has 0 spiro atoms. The Labute approximate surface area is 177 Å². The second-order valence-corrected chi connectivity index (χ2v) is 7.93. The van der Waals surface area contributed by atoms with Crippen LogP contribution in [0.25, 0.3) is 17.4 Å². The Morgan fingerprint density at radius 2 is 1.71 bits per heavy atom. The molecule has 1 aromatic heterocycles. The highest BCUT2D eigenvalue weighted by molar-refractivity contribution is 5.67. The van der Waals surface area contributed by atoms with Crippen molar-refractivity contribution in [3.05, 3.63) is 51.6 Å². The van der Waals surface area contributed by atoms with Crippen molar-refractivity contribution < 1.29 is 39.4 Å². The van der Waals surface area contributed by atoms with Crippen molar-refractivity contribution in [2.75, 3.05) is 0 Å². The zero-order valence-electron chi connectivity index (χ0n) is 16.9. The van der Waals surface area contributed by atoms with Crippen molar-refractivity contribution >= 4 is 6.08 Å². The fourth-order valence-corrected chi connectivity index (χ4v) is 3.78. The highest BCUT2D eigenvalue weighted by atomic mass is 16.7. The van der Waals surface area contributed by atoms with Crippen molar-refractivity contribution in [3.63, 3.8) is 0 Å². The molecule has 2 aliphatic rings. The van der Waals surface area contributed by atoms with Crippen LogP contribution in [0.15, 0.2) is 39.2 Å². The van der Waals surface area contributed by atoms with Crippen molar-refractivity contribution in [1.82, 2.24) is 0 Å². The number of ether oxygens (including phenoxy) is 2. The lowest BCUT2D eigenvalue weighted by Gasteiger charge is -2.40. The molecule has 0 bridgehead atoms. The quantitative estimate of drug-likeness (QED) is 0.487. The zero-order chi connectivity index (χ0) is 22.4. The van der Waals surface area contributed by atoms with E-state index in [9.17, 15) is 30.3 Å². The summed E-state index contributed by atoms with van der Waals surface area (Å²) in [5, 5.41) is 50.8. The first-order valence-electron chi connectivity index (χ1n) is 9.93. The number of hydrogen-bond acceptors (Lipinski definition) is 9. The number of aromatic hydroxyl groups is 2. The van der Waals surface area contributed by atoms with E-state index in [0.717, 1.165) is 0 Å². The van der Waals surface area contributed by atoms with Gasteiger partial charge < -0.3 is 39.4 Å². The number of fused-ring (bicyclic) bond motifs is 1. The highest BCUT2D eigenvalue weighted by Gasteiger charge is 2.42. The molecule has 6 atom stereocenters. The van der Waals surface area contributed by atoms with Crippen LogP contribution < -0.4 is 5.43 Å². The average molecular weight is 432 g/mol. The van der Waals surface area contributed by atoms with Crippen LogP contribution in [0.4, 0.5) is 0 Å². The minimum absolute atomic E-state index is 0.00586. The number of phenols is 1. The summed E-state index contributed by atoms with van der Waals surface area (Å²) >= 11 is 0. The molecule has 2 heterocycles. The van der Waals surface area contributed by atoms with Gasteiger partial charge in [-0.3, -0.25) is 4.79 Å². The van der Waals surface area contributed by atoms with Gasteiger partial charge in [0.2, 0.25) is 17.5 Å². The molecule has 0 amide bonds. The van der Waals surface area contributed by atoms with Crippen molar-refractivity contribution in [1.29, 1.82) is 0 Å². The maximum atomic E-state index is 12.7. The molecule has 4 rings (SSSR count). The topological polar surface area (TPSA) is 150 Å². The fraction of sp³-hybridized carbons (Fsp3) is 0.409. The predicted octanol–water partition coefficient (Wildman–Crippen LogP) is 1.62. The van der Waals surface area contributed by atoms with E-state index in [1.54, 1.807) is 13.8 Å². The van der Waals surface area contributed by atoms with Crippen LogP contribution in [0.2, 0.25) is 0 Å². The summed E-state index contributed by atoms with van der Waals surface area (Å²) in [6, 6.07) is 5.69. The Morgan fingerprint density at radius 3 is 2.39 bits per heavy atom. The third-order valence-electron chi connectivity index (χ3n) is 5.83. The molecule has 1 aliphatic carbocycles. The molecule has 1 aliphatic heterocycles. The Kier molecular flexibility index (Phi) is 5.52. The molecule has 1 fully saturated rings. The Morgan fingerprint density at radius 1 is 1.03 bits per heavy atom. The molecule has 166 valence electrons. The van der Waals surface area contributed by atoms with Gasteiger partial charge >= 0.3 is 0 Å². The van der Waals surface area contributed by atoms with Gasteiger partial charge in [-0.1, -0.05) is 6.92 Å². The fourth-order valence-electron chi connectivity index (χ4n) is 3.78. The van der Waals surface area contributed by atoms with Gasteiger partial charge in [0.1, 0.15) is 23.4 Å². The molecule has 31 heavy (non-hydrogen) atoms. The number of benzene rings is 1. The predicted molar refractivity (Wildman–Crippen MR) is 108 cm³/mol. The number of hydrogen-bond donors (Lipinski definition) is 5. The summed E-state index contributed by atoms with van der Waals surface area (Å²) in [5.41, 5.74) is -0.540. The van der Waals surface area contributed by atoms with E-state index in [0.29, 0.717) is 5.56 Å². The first kappa shape index (κ1) is 21.4. The largest absolute Gasteiger partial charge is 0.508 e. The maximum absolute atomic E-state index is 12.7. The summed E-state index contributed by atoms with van der Waals surface area (Å²) < 4.78 is 17.1. The lowest BCUT2D eigenvalue weighted by Crippen LogP contribution is -2.53. The maximum Gasteiger partial charge on any atom is 0.233 e. The van der Waals surface area contributed by atoms with Gasteiger partial charge in [0.15, 0.2) is 5.76 Å². The first-order valence-corrected chi connectivity index (χ1v) is 9.93. The molecular weight excluding hydrogens is 408 g/mol. The van der Waals surface area contributed by atoms with Gasteiger partial charge in [-0.05, 0) is 31.2 Å². The molecule has 5 N–H and O–H groups in total. The number of rotatable bonds is 3. The summed E-state index contributed by atoms with van der Waals surface area (Å²) in [7, 11) is 0. The second kappa shape index (κ2) is 8.01. The van der Waals surface area contributed by atoms with Crippen LogP contribution >= 0.6 is 0 Å². The monoisotopic (exact) mass is 432 g/mol. The standard InChI is InChI=1S/C22H24O9/c1-9-10(2)29-22(20(28)17(9)25)30-13-7-14(24)16-15(8-13)31-21(19(27)18(16)26)11-3-5-12(23)6-4-11/h3-6,8-10,14,17,20,22-25,27-28H,7H2,1-2H3/t9-,10+,14+,17+,20+,22-/m0/s1. The van der Waals surface area contributed by atoms with E-state index in [-0.39, 0.29) is 47.0 Å². The number of aliphatic hydroxyl groups excluding tert-OH is 3. The molecule has 0 saturated carbocycles. The summed E-state index contributed by atoms with van der Waals surface area (Å²) in [4.78, 5) is 12.7. The van der Waals surface area contributed by atoms with Gasteiger partial charge in [-0.25, -0.2) is 0 Å². The van der Waals surface area contributed by atoms with Gasteiger partial charge in [0.25, 0.3) is 0 Å². The minimum Gasteiger partial charge on any atom is -0.508 e. The van der Waals surface area contributed by atoms with E-state index >= 15 is 0 Å². The average Bonchev–Trinajstić information content (AvgIpc) is 2.73. The first-order chi connectivity index (χ1) is 14.7. The summed E-state index contributed by atoms with van der Waals surface area (Å²) in [6.45, 7) is 3.50. The van der Waals surface area contributed by atoms with E-state index < -0.39 is 35.8 Å². The van der Waals surface area contributed by atoms with Gasteiger partial charge in [0.05, 0.1) is 23.9 Å². The van der Waals surface area contributed by atoms with E-state index in [2.05, 4.69) is 0 Å². The number of phenolic OH excluding ortho intramolecular Hbond substituents is 1. The van der Waals surface area contributed by atoms with Gasteiger partial charge in [0, 0.05) is 24.0 Å². The third kappa shape index (κ3) is 3.81. The van der Waals surface area contributed by atoms with Crippen LogP contribution in [0.3, 0.4) is 0 Å². The molecule has 0 radical (unpaired) electrons. The second-order valence-electron chi connectivity index (χ2n) is 7.93. The van der Waals surface area contributed by atoms with E-state index in [1.165, 1.54) is 30.3 Å². The third-order valence-corrected chi connectivity index (χ3v) is 5.83. The van der Waals surface area contributed by atoms with Crippen LogP contribution in [0.1, 0.15) is 37.7 Å². The molecular formula is C22H24O9. The molecule has 9 heteroatoms. The van der Waals surface area contributed by atoms with Crippen LogP contribution in [-0.2, 0) is 9.47 Å². The minimum atomic E-state index is -1.31. The molecule has 9 nitrogen and oxygen atoms in total. The van der Waals surface area contributed by atoms with Crippen LogP contribution in [0, 0.1) is 5.92 Å². The lowest BCUT2D eigenvalue weighted by molar-refractivity contribution is -0.269. The highest BCUT2D eigenvalue weighted by Crippen LogP contribution is 2.38. The smallest absolute Gasteiger partial charge is 0.233 e. The SMILES string of the molecule is C[C@@H]1[C@@H](O)[C@@H](O)[C@H](OC2=Cc3oc(-c4ccc(O)cc4)c(O)c(=O)c3[C@H](O)C2)O[C@@H]1C. The molecule has 0 unspecified atom stereocenters. The summed E-state index contributed by atoms with van der Waals surface area (Å²) in [6.07, 6.45) is -3.92. The van der Waals surface area contributed by atoms with Crippen LogP contribution in [0.5, 0.6) is 11.5 Å². The summed E-state index contributed by atoms with van der Waals surface area (Å²) in [5.74, 6) is -0.893. The lowest BCUT2D eigenvalue weighted by atomic mass is 9.91. The zero-order valence-corrected chi connectivity index (χ0v) is 16.9. The van der Waals surface area contributed by atoms with E-state index in [1.807, 2.05) is 0 Å². The normalized spacial score (nSPS) is 30.4. The van der Waals surface area contributed by atoms with E-state index in [4.69, 9.17) is 13.9 Å².